The van der Waals surface area contributed by atoms with Crippen molar-refractivity contribution in [1.82, 2.24) is 10.6 Å². The van der Waals surface area contributed by atoms with Crippen molar-refractivity contribution in [2.24, 2.45) is 0 Å². The molecule has 1 aliphatic rings. The van der Waals surface area contributed by atoms with Crippen LogP contribution in [0, 0.1) is 0 Å². The van der Waals surface area contributed by atoms with Gasteiger partial charge >= 0.3 is 0 Å². The second kappa shape index (κ2) is 5.19. The normalized spacial score (nSPS) is 19.4. The van der Waals surface area contributed by atoms with E-state index in [0.717, 1.165) is 13.1 Å². The van der Waals surface area contributed by atoms with Crippen LogP contribution in [0.25, 0.3) is 0 Å². The van der Waals surface area contributed by atoms with Crippen molar-refractivity contribution in [1.29, 1.82) is 0 Å². The van der Waals surface area contributed by atoms with Gasteiger partial charge in [-0.05, 0) is 44.7 Å². The Balaban J connectivity index is 1.78. The van der Waals surface area contributed by atoms with Gasteiger partial charge in [-0.15, -0.1) is 0 Å². The second-order valence-electron chi connectivity index (χ2n) is 5.92. The Bertz CT molecular complexity index is 365. The van der Waals surface area contributed by atoms with Crippen LogP contribution in [0.5, 0.6) is 0 Å². The van der Waals surface area contributed by atoms with Gasteiger partial charge in [-0.25, -0.2) is 0 Å². The molecule has 0 radical (unpaired) electrons. The number of hydrogen-bond acceptors (Lipinski definition) is 2. The number of benzene rings is 1. The highest BCUT2D eigenvalue weighted by atomic mass is 15.0. The van der Waals surface area contributed by atoms with Gasteiger partial charge in [-0.1, -0.05) is 24.3 Å². The third-order valence-electron chi connectivity index (χ3n) is 3.30. The van der Waals surface area contributed by atoms with Crippen LogP contribution >= 0.6 is 0 Å². The largest absolute Gasteiger partial charge is 0.311 e. The van der Waals surface area contributed by atoms with Crippen LogP contribution in [0.15, 0.2) is 24.3 Å². The van der Waals surface area contributed by atoms with Crippen molar-refractivity contribution < 1.29 is 0 Å². The van der Waals surface area contributed by atoms with Gasteiger partial charge in [0.15, 0.2) is 0 Å². The molecule has 17 heavy (non-hydrogen) atoms. The molecule has 0 aliphatic heterocycles. The van der Waals surface area contributed by atoms with Crippen LogP contribution in [-0.2, 0) is 6.42 Å². The first-order valence-electron chi connectivity index (χ1n) is 6.62. The zero-order valence-corrected chi connectivity index (χ0v) is 11.2. The molecule has 2 nitrogen and oxygen atoms in total. The van der Waals surface area contributed by atoms with Gasteiger partial charge in [0.2, 0.25) is 0 Å². The Hall–Kier alpha value is -0.860. The second-order valence-corrected chi connectivity index (χ2v) is 5.92. The zero-order chi connectivity index (χ0) is 12.3. The van der Waals surface area contributed by atoms with Crippen LogP contribution in [0.2, 0.25) is 0 Å². The number of aryl methyl sites for hydroxylation is 1. The summed E-state index contributed by atoms with van der Waals surface area (Å²) in [5.41, 5.74) is 3.24. The summed E-state index contributed by atoms with van der Waals surface area (Å²) in [5.74, 6) is 0. The van der Waals surface area contributed by atoms with E-state index in [1.165, 1.54) is 24.0 Å². The highest BCUT2D eigenvalue weighted by molar-refractivity contribution is 5.34. The summed E-state index contributed by atoms with van der Waals surface area (Å²) in [7, 11) is 0. The van der Waals surface area contributed by atoms with Gasteiger partial charge in [0, 0.05) is 24.7 Å². The molecular formula is C15H24N2. The highest BCUT2D eigenvalue weighted by Gasteiger charge is 2.20. The van der Waals surface area contributed by atoms with E-state index in [0.29, 0.717) is 6.04 Å². The fourth-order valence-electron chi connectivity index (χ4n) is 2.45. The third kappa shape index (κ3) is 3.55. The fraction of sp³-hybridized carbons (Fsp3) is 0.600. The van der Waals surface area contributed by atoms with Gasteiger partial charge in [0.05, 0.1) is 0 Å². The molecule has 0 amide bonds. The molecule has 0 saturated carbocycles. The smallest absolute Gasteiger partial charge is 0.0326 e. The molecular weight excluding hydrogens is 208 g/mol. The molecule has 0 aromatic heterocycles. The van der Waals surface area contributed by atoms with Crippen LogP contribution in [-0.4, -0.2) is 18.6 Å². The Labute approximate surface area is 105 Å². The maximum atomic E-state index is 3.65. The average Bonchev–Trinajstić information content (AvgIpc) is 2.67. The average molecular weight is 232 g/mol. The van der Waals surface area contributed by atoms with Crippen molar-refractivity contribution in [3.63, 3.8) is 0 Å². The Kier molecular flexibility index (Phi) is 3.85. The topological polar surface area (TPSA) is 24.1 Å². The lowest BCUT2D eigenvalue weighted by Crippen LogP contribution is -2.40. The monoisotopic (exact) mass is 232 g/mol. The Morgan fingerprint density at radius 2 is 1.94 bits per heavy atom. The van der Waals surface area contributed by atoms with Gasteiger partial charge in [-0.3, -0.25) is 0 Å². The quantitative estimate of drug-likeness (QED) is 0.780. The maximum absolute atomic E-state index is 3.65. The van der Waals surface area contributed by atoms with Crippen LogP contribution in [0.3, 0.4) is 0 Å². The fourth-order valence-corrected chi connectivity index (χ4v) is 2.45. The summed E-state index contributed by atoms with van der Waals surface area (Å²) in [6, 6.07) is 9.36. The Morgan fingerprint density at radius 3 is 2.71 bits per heavy atom. The van der Waals surface area contributed by atoms with E-state index in [-0.39, 0.29) is 5.54 Å². The molecule has 1 aliphatic carbocycles. The van der Waals surface area contributed by atoms with E-state index < -0.39 is 0 Å². The molecule has 1 atom stereocenters. The highest BCUT2D eigenvalue weighted by Crippen LogP contribution is 2.30. The first kappa shape index (κ1) is 12.6. The summed E-state index contributed by atoms with van der Waals surface area (Å²) < 4.78 is 0. The molecule has 1 aromatic rings. The first-order chi connectivity index (χ1) is 8.06. The lowest BCUT2D eigenvalue weighted by atomic mass is 10.1. The van der Waals surface area contributed by atoms with Crippen LogP contribution in [0.1, 0.15) is 44.4 Å². The summed E-state index contributed by atoms with van der Waals surface area (Å²) >= 11 is 0. The minimum absolute atomic E-state index is 0.218. The first-order valence-corrected chi connectivity index (χ1v) is 6.62. The van der Waals surface area contributed by atoms with Crippen molar-refractivity contribution in [3.05, 3.63) is 35.4 Å². The van der Waals surface area contributed by atoms with E-state index >= 15 is 0 Å². The predicted molar refractivity (Wildman–Crippen MR) is 73.3 cm³/mol. The van der Waals surface area contributed by atoms with Crippen LogP contribution in [0.4, 0.5) is 0 Å². The number of hydrogen-bond donors (Lipinski definition) is 2. The minimum Gasteiger partial charge on any atom is -0.311 e. The predicted octanol–water partition coefficient (Wildman–Crippen LogP) is 2.65. The van der Waals surface area contributed by atoms with Gasteiger partial charge in [-0.2, -0.15) is 0 Å². The lowest BCUT2D eigenvalue weighted by molar-refractivity contribution is 0.410. The van der Waals surface area contributed by atoms with Crippen molar-refractivity contribution in [3.8, 4) is 0 Å². The molecule has 94 valence electrons. The van der Waals surface area contributed by atoms with E-state index in [9.17, 15) is 0 Å². The standard InChI is InChI=1S/C15H24N2/c1-15(2,3)17-11-10-16-14-9-8-12-6-4-5-7-13(12)14/h4-7,14,16-17H,8-11H2,1-3H3. The maximum Gasteiger partial charge on any atom is 0.0326 e. The van der Waals surface area contributed by atoms with Gasteiger partial charge < -0.3 is 10.6 Å². The minimum atomic E-state index is 0.218. The van der Waals surface area contributed by atoms with E-state index in [2.05, 4.69) is 55.7 Å². The van der Waals surface area contributed by atoms with Crippen molar-refractivity contribution in [2.45, 2.75) is 45.2 Å². The molecule has 0 bridgehead atoms. The van der Waals surface area contributed by atoms with E-state index in [1.54, 1.807) is 0 Å². The summed E-state index contributed by atoms with van der Waals surface area (Å²) in [4.78, 5) is 0. The zero-order valence-electron chi connectivity index (χ0n) is 11.2. The molecule has 0 heterocycles. The van der Waals surface area contributed by atoms with E-state index in [1.807, 2.05) is 0 Å². The van der Waals surface area contributed by atoms with Crippen molar-refractivity contribution >= 4 is 0 Å². The van der Waals surface area contributed by atoms with Crippen LogP contribution < -0.4 is 10.6 Å². The molecule has 0 saturated heterocycles. The molecule has 2 heteroatoms. The summed E-state index contributed by atoms with van der Waals surface area (Å²) in [5, 5.41) is 7.16. The Morgan fingerprint density at radius 1 is 1.18 bits per heavy atom. The molecule has 2 rings (SSSR count). The number of fused-ring (bicyclic) bond motifs is 1. The third-order valence-corrected chi connectivity index (χ3v) is 3.30. The summed E-state index contributed by atoms with van der Waals surface area (Å²) in [6.45, 7) is 8.69. The lowest BCUT2D eigenvalue weighted by Gasteiger charge is -2.22. The molecule has 0 fully saturated rings. The number of nitrogens with one attached hydrogen (secondary N) is 2. The van der Waals surface area contributed by atoms with E-state index in [4.69, 9.17) is 0 Å². The molecule has 1 unspecified atom stereocenters. The molecule has 1 aromatic carbocycles. The number of rotatable bonds is 4. The van der Waals surface area contributed by atoms with Gasteiger partial charge in [0.25, 0.3) is 0 Å². The molecule has 2 N–H and O–H groups in total. The SMILES string of the molecule is CC(C)(C)NCCNC1CCc2ccccc21. The van der Waals surface area contributed by atoms with Crippen molar-refractivity contribution in [2.75, 3.05) is 13.1 Å². The summed E-state index contributed by atoms with van der Waals surface area (Å²) in [6.07, 6.45) is 2.47. The van der Waals surface area contributed by atoms with Gasteiger partial charge in [0.1, 0.15) is 0 Å². The molecule has 0 spiro atoms.